The number of hydrogen-bond acceptors (Lipinski definition) is 0. The molecule has 0 amide bonds. The van der Waals surface area contributed by atoms with E-state index in [1.54, 1.807) is 0 Å². The molecule has 0 bridgehead atoms. The van der Waals surface area contributed by atoms with Crippen molar-refractivity contribution in [2.24, 2.45) is 7.05 Å². The number of aryl methyl sites for hydroxylation is 1. The summed E-state index contributed by atoms with van der Waals surface area (Å²) < 4.78 is 6.03. The zero-order valence-corrected chi connectivity index (χ0v) is 16.3. The molecule has 2 heterocycles. The van der Waals surface area contributed by atoms with E-state index in [2.05, 4.69) is 112 Å². The average Bonchev–Trinajstić information content (AvgIpc) is 3.12. The Hall–Kier alpha value is -2.27. The molecule has 0 saturated carbocycles. The molecule has 3 heteroatoms. The third-order valence-electron chi connectivity index (χ3n) is 5.18. The monoisotopic (exact) mass is 436 g/mol. The van der Waals surface area contributed by atoms with Crippen molar-refractivity contribution in [1.29, 1.82) is 0 Å². The van der Waals surface area contributed by atoms with Crippen molar-refractivity contribution >= 4 is 55.4 Å². The van der Waals surface area contributed by atoms with Gasteiger partial charge in [0.2, 0.25) is 0 Å². The van der Waals surface area contributed by atoms with E-state index in [9.17, 15) is 0 Å². The molecule has 0 aliphatic heterocycles. The van der Waals surface area contributed by atoms with Crippen LogP contribution in [-0.4, -0.2) is 9.13 Å². The van der Waals surface area contributed by atoms with Crippen molar-refractivity contribution < 1.29 is 0 Å². The highest BCUT2D eigenvalue weighted by molar-refractivity contribution is 14.1. The molecule has 0 atom stereocenters. The first-order chi connectivity index (χ1) is 12.2. The van der Waals surface area contributed by atoms with Crippen molar-refractivity contribution in [2.75, 3.05) is 0 Å². The Bertz CT molecular complexity index is 1270. The third kappa shape index (κ3) is 1.96. The van der Waals surface area contributed by atoms with Crippen LogP contribution in [0, 0.1) is 10.5 Å². The third-order valence-corrected chi connectivity index (χ3v) is 6.35. The molecular weight excluding hydrogens is 419 g/mol. The second-order valence-corrected chi connectivity index (χ2v) is 7.67. The Morgan fingerprint density at radius 1 is 0.760 bits per heavy atom. The zero-order chi connectivity index (χ0) is 17.1. The summed E-state index contributed by atoms with van der Waals surface area (Å²) in [5, 5.41) is 3.97. The zero-order valence-electron chi connectivity index (χ0n) is 14.1. The summed E-state index contributed by atoms with van der Waals surface area (Å²) in [5.74, 6) is 0. The molecule has 0 aliphatic carbocycles. The average molecular weight is 436 g/mol. The van der Waals surface area contributed by atoms with Crippen molar-refractivity contribution in [2.45, 2.75) is 6.92 Å². The van der Waals surface area contributed by atoms with E-state index in [4.69, 9.17) is 0 Å². The molecule has 0 radical (unpaired) electrons. The van der Waals surface area contributed by atoms with Crippen molar-refractivity contribution in [3.63, 3.8) is 0 Å². The minimum Gasteiger partial charge on any atom is -0.329 e. The van der Waals surface area contributed by atoms with E-state index in [0.29, 0.717) is 0 Å². The Kier molecular flexibility index (Phi) is 3.22. The van der Waals surface area contributed by atoms with E-state index in [0.717, 1.165) is 0 Å². The van der Waals surface area contributed by atoms with Gasteiger partial charge >= 0.3 is 0 Å². The first-order valence-corrected chi connectivity index (χ1v) is 9.48. The van der Waals surface area contributed by atoms with Gasteiger partial charge < -0.3 is 4.57 Å². The van der Waals surface area contributed by atoms with Gasteiger partial charge in [-0.1, -0.05) is 42.5 Å². The number of hydrogen-bond donors (Lipinski definition) is 0. The topological polar surface area (TPSA) is 9.86 Å². The largest absolute Gasteiger partial charge is 0.329 e. The van der Waals surface area contributed by atoms with E-state index in [-0.39, 0.29) is 0 Å². The number of rotatable bonds is 1. The lowest BCUT2D eigenvalue weighted by Crippen LogP contribution is -2.02. The first-order valence-electron chi connectivity index (χ1n) is 8.40. The van der Waals surface area contributed by atoms with Gasteiger partial charge in [0.15, 0.2) is 0 Å². The molecule has 2 aromatic heterocycles. The Morgan fingerprint density at radius 2 is 1.40 bits per heavy atom. The molecule has 25 heavy (non-hydrogen) atoms. The van der Waals surface area contributed by atoms with Crippen LogP contribution in [0.25, 0.3) is 38.5 Å². The van der Waals surface area contributed by atoms with E-state index in [1.165, 1.54) is 47.7 Å². The summed E-state index contributed by atoms with van der Waals surface area (Å²) in [5.41, 5.74) is 6.36. The maximum atomic E-state index is 2.43. The summed E-state index contributed by atoms with van der Waals surface area (Å²) in [6.45, 7) is 2.21. The molecular formula is C22H17IN2. The van der Waals surface area contributed by atoms with Gasteiger partial charge in [-0.2, -0.15) is 0 Å². The highest BCUT2D eigenvalue weighted by Gasteiger charge is 2.20. The van der Waals surface area contributed by atoms with Crippen molar-refractivity contribution in [1.82, 2.24) is 9.13 Å². The van der Waals surface area contributed by atoms with E-state index >= 15 is 0 Å². The molecule has 0 saturated heterocycles. The summed E-state index contributed by atoms with van der Waals surface area (Å²) in [6, 6.07) is 23.9. The van der Waals surface area contributed by atoms with Crippen molar-refractivity contribution in [3.8, 4) is 5.69 Å². The van der Waals surface area contributed by atoms with Crippen LogP contribution in [-0.2, 0) is 7.05 Å². The molecule has 5 aromatic rings. The van der Waals surface area contributed by atoms with Crippen LogP contribution in [0.2, 0.25) is 0 Å². The fraction of sp³-hybridized carbons (Fsp3) is 0.0909. The second-order valence-electron chi connectivity index (χ2n) is 6.51. The Morgan fingerprint density at radius 3 is 2.16 bits per heavy atom. The van der Waals surface area contributed by atoms with Crippen LogP contribution in [0.15, 0.2) is 66.7 Å². The van der Waals surface area contributed by atoms with Crippen LogP contribution in [0.1, 0.15) is 5.56 Å². The summed E-state index contributed by atoms with van der Waals surface area (Å²) in [6.07, 6.45) is 0. The lowest BCUT2D eigenvalue weighted by Gasteiger charge is -2.13. The SMILES string of the molecule is Cc1c(I)cccc1-n1c2ccccc2c2c3ccccc3n(C)c21. The first kappa shape index (κ1) is 15.0. The number of aromatic nitrogens is 2. The normalized spacial score (nSPS) is 11.8. The summed E-state index contributed by atoms with van der Waals surface area (Å²) in [7, 11) is 2.17. The summed E-state index contributed by atoms with van der Waals surface area (Å²) >= 11 is 2.43. The van der Waals surface area contributed by atoms with E-state index < -0.39 is 0 Å². The van der Waals surface area contributed by atoms with Gasteiger partial charge in [-0.05, 0) is 59.3 Å². The molecule has 0 N–H and O–H groups in total. The van der Waals surface area contributed by atoms with Crippen LogP contribution < -0.4 is 0 Å². The van der Waals surface area contributed by atoms with E-state index in [1.807, 2.05) is 0 Å². The van der Waals surface area contributed by atoms with Gasteiger partial charge in [-0.15, -0.1) is 0 Å². The molecule has 5 rings (SSSR count). The van der Waals surface area contributed by atoms with Crippen LogP contribution in [0.4, 0.5) is 0 Å². The highest BCUT2D eigenvalue weighted by Crippen LogP contribution is 2.39. The molecule has 0 spiro atoms. The lowest BCUT2D eigenvalue weighted by atomic mass is 10.1. The number of nitrogens with zero attached hydrogens (tertiary/aromatic N) is 2. The van der Waals surface area contributed by atoms with Gasteiger partial charge in [0, 0.05) is 26.8 Å². The molecule has 0 unspecified atom stereocenters. The molecule has 122 valence electrons. The fourth-order valence-electron chi connectivity index (χ4n) is 3.98. The molecule has 2 nitrogen and oxygen atoms in total. The van der Waals surface area contributed by atoms with Gasteiger partial charge in [0.25, 0.3) is 0 Å². The Labute approximate surface area is 159 Å². The molecule has 3 aromatic carbocycles. The minimum absolute atomic E-state index is 1.25. The lowest BCUT2D eigenvalue weighted by molar-refractivity contribution is 0.958. The predicted octanol–water partition coefficient (Wildman–Crippen LogP) is 6.19. The number of fused-ring (bicyclic) bond motifs is 5. The van der Waals surface area contributed by atoms with Crippen molar-refractivity contribution in [3.05, 3.63) is 75.9 Å². The van der Waals surface area contributed by atoms with Crippen LogP contribution in [0.5, 0.6) is 0 Å². The number of benzene rings is 3. The quantitative estimate of drug-likeness (QED) is 0.278. The summed E-state index contributed by atoms with van der Waals surface area (Å²) in [4.78, 5) is 0. The van der Waals surface area contributed by atoms with Gasteiger partial charge in [0.1, 0.15) is 5.65 Å². The van der Waals surface area contributed by atoms with Crippen LogP contribution >= 0.6 is 22.6 Å². The Balaban J connectivity index is 2.10. The van der Waals surface area contributed by atoms with Crippen LogP contribution in [0.3, 0.4) is 0 Å². The van der Waals surface area contributed by atoms with Gasteiger partial charge in [-0.3, -0.25) is 4.57 Å². The highest BCUT2D eigenvalue weighted by atomic mass is 127. The van der Waals surface area contributed by atoms with Gasteiger partial charge in [0.05, 0.1) is 16.7 Å². The number of para-hydroxylation sites is 2. The smallest absolute Gasteiger partial charge is 0.126 e. The standard InChI is InChI=1S/C22H17IN2/c1-14-17(23)10-7-13-18(14)25-20-12-6-4-9-16(20)21-15-8-3-5-11-19(15)24(2)22(21)25/h3-13H,1-2H3. The maximum Gasteiger partial charge on any atom is 0.126 e. The van der Waals surface area contributed by atoms with Gasteiger partial charge in [-0.25, -0.2) is 0 Å². The fourth-order valence-corrected chi connectivity index (χ4v) is 4.47. The second kappa shape index (κ2) is 5.36. The molecule has 0 aliphatic rings. The maximum absolute atomic E-state index is 2.43. The minimum atomic E-state index is 1.25. The predicted molar refractivity (Wildman–Crippen MR) is 115 cm³/mol. The molecule has 0 fully saturated rings. The number of halogens is 1.